The number of hydrogen-bond acceptors (Lipinski definition) is 2. The average Bonchev–Trinajstić information content (AvgIpc) is 2.74. The Bertz CT molecular complexity index is 1060. The fourth-order valence-electron chi connectivity index (χ4n) is 3.81. The van der Waals surface area contributed by atoms with Crippen molar-refractivity contribution in [3.05, 3.63) is 102 Å². The molecule has 0 bridgehead atoms. The van der Waals surface area contributed by atoms with E-state index in [1.165, 1.54) is 11.1 Å². The predicted octanol–water partition coefficient (Wildman–Crippen LogP) is 5.50. The minimum absolute atomic E-state index is 0.264. The Labute approximate surface area is 181 Å². The molecule has 3 rings (SSSR count). The summed E-state index contributed by atoms with van der Waals surface area (Å²) in [4.78, 5) is 0.299. The van der Waals surface area contributed by atoms with Gasteiger partial charge in [-0.3, -0.25) is 0 Å². The van der Waals surface area contributed by atoms with Crippen LogP contribution in [0.4, 0.5) is 0 Å². The van der Waals surface area contributed by atoms with Crippen molar-refractivity contribution in [3.63, 3.8) is 0 Å². The van der Waals surface area contributed by atoms with Gasteiger partial charge in [0.25, 0.3) is 0 Å². The van der Waals surface area contributed by atoms with Crippen LogP contribution in [0.2, 0.25) is 0 Å². The Kier molecular flexibility index (Phi) is 6.49. The van der Waals surface area contributed by atoms with Crippen LogP contribution in [-0.2, 0) is 21.9 Å². The maximum Gasteiger partial charge on any atom is 0.240 e. The maximum atomic E-state index is 13.0. The maximum absolute atomic E-state index is 13.0. The molecule has 0 saturated carbocycles. The molecular formula is C26H31NO2S. The molecule has 0 amide bonds. The smallest absolute Gasteiger partial charge is 0.211 e. The van der Waals surface area contributed by atoms with Crippen molar-refractivity contribution in [2.75, 3.05) is 6.54 Å². The van der Waals surface area contributed by atoms with Crippen molar-refractivity contribution < 1.29 is 8.42 Å². The lowest BCUT2D eigenvalue weighted by Gasteiger charge is -2.45. The van der Waals surface area contributed by atoms with Crippen molar-refractivity contribution in [1.29, 1.82) is 0 Å². The van der Waals surface area contributed by atoms with Crippen molar-refractivity contribution in [3.8, 4) is 0 Å². The minimum Gasteiger partial charge on any atom is -0.211 e. The Morgan fingerprint density at radius 2 is 1.30 bits per heavy atom. The van der Waals surface area contributed by atoms with E-state index in [2.05, 4.69) is 49.8 Å². The number of hydrogen-bond donors (Lipinski definition) is 1. The molecule has 0 saturated heterocycles. The molecule has 30 heavy (non-hydrogen) atoms. The molecule has 1 N–H and O–H groups in total. The summed E-state index contributed by atoms with van der Waals surface area (Å²) in [6, 6.07) is 27.6. The highest BCUT2D eigenvalue weighted by atomic mass is 32.2. The lowest BCUT2D eigenvalue weighted by Crippen LogP contribution is -2.48. The Hall–Kier alpha value is -2.43. The SMILES string of the molecule is Cc1ccc(S(=O)(=O)NCC(C)(Cc2ccccc2)C(C)(C)c2ccccc2)cc1. The summed E-state index contributed by atoms with van der Waals surface area (Å²) in [6.45, 7) is 8.85. The zero-order valence-corrected chi connectivity index (χ0v) is 19.0. The molecular weight excluding hydrogens is 390 g/mol. The van der Waals surface area contributed by atoms with Gasteiger partial charge in [0.2, 0.25) is 10.0 Å². The summed E-state index contributed by atoms with van der Waals surface area (Å²) in [5.41, 5.74) is 2.80. The van der Waals surface area contributed by atoms with Gasteiger partial charge in [0.05, 0.1) is 4.90 Å². The second-order valence-electron chi connectivity index (χ2n) is 8.85. The van der Waals surface area contributed by atoms with E-state index in [9.17, 15) is 8.42 Å². The topological polar surface area (TPSA) is 46.2 Å². The summed E-state index contributed by atoms with van der Waals surface area (Å²) in [6.07, 6.45) is 0.756. The lowest BCUT2D eigenvalue weighted by molar-refractivity contribution is 0.172. The number of sulfonamides is 1. The van der Waals surface area contributed by atoms with E-state index in [0.29, 0.717) is 11.4 Å². The first-order valence-corrected chi connectivity index (χ1v) is 11.8. The van der Waals surface area contributed by atoms with Gasteiger partial charge < -0.3 is 0 Å². The third-order valence-electron chi connectivity index (χ3n) is 6.43. The summed E-state index contributed by atoms with van der Waals surface area (Å²) in [5, 5.41) is 0. The average molecular weight is 422 g/mol. The van der Waals surface area contributed by atoms with E-state index in [0.717, 1.165) is 12.0 Å². The minimum atomic E-state index is -3.59. The van der Waals surface area contributed by atoms with Crippen LogP contribution in [0.5, 0.6) is 0 Å². The van der Waals surface area contributed by atoms with Gasteiger partial charge in [-0.25, -0.2) is 13.1 Å². The summed E-state index contributed by atoms with van der Waals surface area (Å²) in [5.74, 6) is 0. The molecule has 0 fully saturated rings. The van der Waals surface area contributed by atoms with Crippen molar-refractivity contribution >= 4 is 10.0 Å². The van der Waals surface area contributed by atoms with Crippen LogP contribution in [0.15, 0.2) is 89.8 Å². The van der Waals surface area contributed by atoms with Crippen LogP contribution < -0.4 is 4.72 Å². The van der Waals surface area contributed by atoms with Gasteiger partial charge in [0.15, 0.2) is 0 Å². The van der Waals surface area contributed by atoms with Gasteiger partial charge in [-0.05, 0) is 47.4 Å². The van der Waals surface area contributed by atoms with Crippen LogP contribution in [0.25, 0.3) is 0 Å². The predicted molar refractivity (Wildman–Crippen MR) is 124 cm³/mol. The molecule has 158 valence electrons. The van der Waals surface area contributed by atoms with E-state index in [4.69, 9.17) is 0 Å². The molecule has 0 aliphatic carbocycles. The highest BCUT2D eigenvalue weighted by Crippen LogP contribution is 2.44. The van der Waals surface area contributed by atoms with Gasteiger partial charge in [-0.1, -0.05) is 99.1 Å². The zero-order chi connectivity index (χ0) is 21.8. The third kappa shape index (κ3) is 4.82. The van der Waals surface area contributed by atoms with Crippen LogP contribution in [0.1, 0.15) is 37.5 Å². The largest absolute Gasteiger partial charge is 0.240 e. The van der Waals surface area contributed by atoms with Gasteiger partial charge in [0, 0.05) is 6.54 Å². The first-order valence-electron chi connectivity index (χ1n) is 10.3. The first kappa shape index (κ1) is 22.3. The summed E-state index contributed by atoms with van der Waals surface area (Å²) >= 11 is 0. The fraction of sp³-hybridized carbons (Fsp3) is 0.308. The number of benzene rings is 3. The van der Waals surface area contributed by atoms with E-state index < -0.39 is 10.0 Å². The van der Waals surface area contributed by atoms with Crippen molar-refractivity contribution in [2.24, 2.45) is 5.41 Å². The lowest BCUT2D eigenvalue weighted by atomic mass is 9.60. The molecule has 0 heterocycles. The summed E-state index contributed by atoms with van der Waals surface area (Å²) in [7, 11) is -3.59. The number of rotatable bonds is 8. The van der Waals surface area contributed by atoms with Gasteiger partial charge in [0.1, 0.15) is 0 Å². The molecule has 1 unspecified atom stereocenters. The van der Waals surface area contributed by atoms with Crippen LogP contribution in [-0.4, -0.2) is 15.0 Å². The monoisotopic (exact) mass is 421 g/mol. The second kappa shape index (κ2) is 8.75. The number of aryl methyl sites for hydroxylation is 1. The third-order valence-corrected chi connectivity index (χ3v) is 7.84. The molecule has 0 aliphatic heterocycles. The van der Waals surface area contributed by atoms with E-state index >= 15 is 0 Å². The van der Waals surface area contributed by atoms with Gasteiger partial charge in [-0.15, -0.1) is 0 Å². The van der Waals surface area contributed by atoms with Crippen LogP contribution in [0, 0.1) is 12.3 Å². The van der Waals surface area contributed by atoms with E-state index in [-0.39, 0.29) is 10.8 Å². The molecule has 0 aromatic heterocycles. The molecule has 4 heteroatoms. The highest BCUT2D eigenvalue weighted by Gasteiger charge is 2.42. The molecule has 0 radical (unpaired) electrons. The first-order chi connectivity index (χ1) is 14.1. The Balaban J connectivity index is 1.94. The van der Waals surface area contributed by atoms with Gasteiger partial charge >= 0.3 is 0 Å². The molecule has 3 nitrogen and oxygen atoms in total. The second-order valence-corrected chi connectivity index (χ2v) is 10.6. The number of nitrogens with one attached hydrogen (secondary N) is 1. The fourth-order valence-corrected chi connectivity index (χ4v) is 4.98. The van der Waals surface area contributed by atoms with E-state index in [1.807, 2.05) is 55.5 Å². The summed E-state index contributed by atoms with van der Waals surface area (Å²) < 4.78 is 28.9. The van der Waals surface area contributed by atoms with Crippen molar-refractivity contribution in [1.82, 2.24) is 4.72 Å². The molecule has 3 aromatic carbocycles. The van der Waals surface area contributed by atoms with Crippen LogP contribution >= 0.6 is 0 Å². The zero-order valence-electron chi connectivity index (χ0n) is 18.2. The van der Waals surface area contributed by atoms with E-state index in [1.54, 1.807) is 12.1 Å². The van der Waals surface area contributed by atoms with Gasteiger partial charge in [-0.2, -0.15) is 0 Å². The highest BCUT2D eigenvalue weighted by molar-refractivity contribution is 7.89. The molecule has 3 aromatic rings. The van der Waals surface area contributed by atoms with Crippen molar-refractivity contribution in [2.45, 2.75) is 44.4 Å². The molecule has 0 aliphatic rings. The Morgan fingerprint density at radius 1 is 0.767 bits per heavy atom. The molecule has 0 spiro atoms. The normalized spacial score (nSPS) is 14.3. The standard InChI is InChI=1S/C26H31NO2S/c1-21-15-17-24(18-16-21)30(28,29)27-20-26(4,19-22-11-7-5-8-12-22)25(2,3)23-13-9-6-10-14-23/h5-18,27H,19-20H2,1-4H3. The quantitative estimate of drug-likeness (QED) is 0.522. The molecule has 1 atom stereocenters. The Morgan fingerprint density at radius 3 is 1.87 bits per heavy atom. The van der Waals surface area contributed by atoms with Crippen LogP contribution in [0.3, 0.4) is 0 Å².